The SMILES string of the molecule is CCCC#CCCCCCOC(=O)Oc1ccc([N+](=O)[O-])cc1. The van der Waals surface area contributed by atoms with Crippen molar-refractivity contribution in [2.24, 2.45) is 0 Å². The van der Waals surface area contributed by atoms with E-state index < -0.39 is 11.1 Å². The third-order valence-corrected chi connectivity index (χ3v) is 2.91. The molecule has 23 heavy (non-hydrogen) atoms. The molecule has 6 nitrogen and oxygen atoms in total. The monoisotopic (exact) mass is 319 g/mol. The van der Waals surface area contributed by atoms with E-state index in [1.54, 1.807) is 0 Å². The first-order chi connectivity index (χ1) is 11.1. The van der Waals surface area contributed by atoms with Gasteiger partial charge in [-0.2, -0.15) is 0 Å². The van der Waals surface area contributed by atoms with E-state index in [0.717, 1.165) is 38.5 Å². The minimum atomic E-state index is -0.804. The first-order valence-electron chi connectivity index (χ1n) is 7.68. The van der Waals surface area contributed by atoms with E-state index >= 15 is 0 Å². The lowest BCUT2D eigenvalue weighted by Crippen LogP contribution is -2.11. The molecule has 1 aromatic rings. The van der Waals surface area contributed by atoms with Gasteiger partial charge in [0.25, 0.3) is 5.69 Å². The maximum Gasteiger partial charge on any atom is 0.513 e. The Morgan fingerprint density at radius 2 is 1.83 bits per heavy atom. The number of carbonyl (C=O) groups excluding carboxylic acids is 1. The first-order valence-corrected chi connectivity index (χ1v) is 7.68. The Bertz CT molecular complexity index is 557. The van der Waals surface area contributed by atoms with Crippen molar-refractivity contribution in [2.45, 2.75) is 45.4 Å². The first kappa shape index (κ1) is 18.5. The van der Waals surface area contributed by atoms with Crippen LogP contribution in [0.5, 0.6) is 5.75 Å². The highest BCUT2D eigenvalue weighted by Gasteiger charge is 2.08. The van der Waals surface area contributed by atoms with Crippen LogP contribution < -0.4 is 4.74 Å². The molecule has 0 heterocycles. The number of benzene rings is 1. The number of nitrogens with zero attached hydrogens (tertiary/aromatic N) is 1. The van der Waals surface area contributed by atoms with Crippen molar-refractivity contribution in [1.29, 1.82) is 0 Å². The number of rotatable bonds is 8. The number of carbonyl (C=O) groups is 1. The lowest BCUT2D eigenvalue weighted by Gasteiger charge is -2.05. The van der Waals surface area contributed by atoms with E-state index in [9.17, 15) is 14.9 Å². The van der Waals surface area contributed by atoms with Crippen molar-refractivity contribution in [3.05, 3.63) is 34.4 Å². The van der Waals surface area contributed by atoms with Gasteiger partial charge in [0.2, 0.25) is 0 Å². The summed E-state index contributed by atoms with van der Waals surface area (Å²) in [4.78, 5) is 21.4. The Balaban J connectivity index is 2.13. The molecule has 0 aliphatic carbocycles. The van der Waals surface area contributed by atoms with Crippen LogP contribution in [-0.4, -0.2) is 17.7 Å². The minimum Gasteiger partial charge on any atom is -0.434 e. The summed E-state index contributed by atoms with van der Waals surface area (Å²) in [6.07, 6.45) is 4.76. The summed E-state index contributed by atoms with van der Waals surface area (Å²) in [5.41, 5.74) is -0.0623. The molecule has 124 valence electrons. The quantitative estimate of drug-likeness (QED) is 0.176. The lowest BCUT2D eigenvalue weighted by atomic mass is 10.2. The Morgan fingerprint density at radius 3 is 2.48 bits per heavy atom. The molecule has 0 aromatic heterocycles. The zero-order chi connectivity index (χ0) is 16.9. The standard InChI is InChI=1S/C17H21NO5/c1-2-3-4-5-6-7-8-9-14-22-17(19)23-16-12-10-15(11-13-16)18(20)21/h10-13H,2-3,6-9,14H2,1H3. The predicted octanol–water partition coefficient (Wildman–Crippen LogP) is 4.47. The fourth-order valence-electron chi connectivity index (χ4n) is 1.71. The van der Waals surface area contributed by atoms with Gasteiger partial charge < -0.3 is 9.47 Å². The van der Waals surface area contributed by atoms with Crippen LogP contribution in [-0.2, 0) is 4.74 Å². The van der Waals surface area contributed by atoms with Crippen molar-refractivity contribution in [3.8, 4) is 17.6 Å². The Hall–Kier alpha value is -2.55. The molecule has 0 amide bonds. The average Bonchev–Trinajstić information content (AvgIpc) is 2.54. The van der Waals surface area contributed by atoms with E-state index in [2.05, 4.69) is 18.8 Å². The predicted molar refractivity (Wildman–Crippen MR) is 86.2 cm³/mol. The van der Waals surface area contributed by atoms with E-state index in [-0.39, 0.29) is 18.0 Å². The van der Waals surface area contributed by atoms with Gasteiger partial charge in [-0.25, -0.2) is 4.79 Å². The number of non-ortho nitro benzene ring substituents is 1. The molecule has 1 rings (SSSR count). The van der Waals surface area contributed by atoms with Crippen molar-refractivity contribution < 1.29 is 19.2 Å². The number of nitro groups is 1. The Labute approximate surface area is 135 Å². The molecule has 0 fully saturated rings. The van der Waals surface area contributed by atoms with E-state index in [1.165, 1.54) is 24.3 Å². The molecule has 0 N–H and O–H groups in total. The molecule has 6 heteroatoms. The topological polar surface area (TPSA) is 78.7 Å². The molecular weight excluding hydrogens is 298 g/mol. The summed E-state index contributed by atoms with van der Waals surface area (Å²) in [6.45, 7) is 2.38. The van der Waals surface area contributed by atoms with Gasteiger partial charge in [-0.1, -0.05) is 6.92 Å². The second-order valence-electron chi connectivity index (χ2n) is 4.87. The Kier molecular flexibility index (Phi) is 8.91. The van der Waals surface area contributed by atoms with Crippen molar-refractivity contribution >= 4 is 11.8 Å². The molecule has 0 saturated heterocycles. The normalized spacial score (nSPS) is 9.61. The second-order valence-corrected chi connectivity index (χ2v) is 4.87. The van der Waals surface area contributed by atoms with Gasteiger partial charge in [-0.05, 0) is 37.8 Å². The Morgan fingerprint density at radius 1 is 1.13 bits per heavy atom. The fourth-order valence-corrected chi connectivity index (χ4v) is 1.71. The number of unbranched alkanes of at least 4 members (excludes halogenated alkanes) is 4. The van der Waals surface area contributed by atoms with Crippen LogP contribution in [0.25, 0.3) is 0 Å². The number of hydrogen-bond acceptors (Lipinski definition) is 5. The zero-order valence-corrected chi connectivity index (χ0v) is 13.2. The molecular formula is C17H21NO5. The van der Waals surface area contributed by atoms with Crippen LogP contribution >= 0.6 is 0 Å². The summed E-state index contributed by atoms with van der Waals surface area (Å²) in [7, 11) is 0. The molecule has 0 bridgehead atoms. The number of nitro benzene ring substituents is 1. The summed E-state index contributed by atoms with van der Waals surface area (Å²) in [6, 6.07) is 5.24. The van der Waals surface area contributed by atoms with Gasteiger partial charge >= 0.3 is 6.16 Å². The molecule has 0 spiro atoms. The highest BCUT2D eigenvalue weighted by atomic mass is 16.7. The molecule has 0 atom stereocenters. The fraction of sp³-hybridized carbons (Fsp3) is 0.471. The van der Waals surface area contributed by atoms with Gasteiger partial charge in [0.1, 0.15) is 5.75 Å². The van der Waals surface area contributed by atoms with Crippen molar-refractivity contribution in [2.75, 3.05) is 6.61 Å². The molecule has 0 aliphatic heterocycles. The van der Waals surface area contributed by atoms with Crippen LogP contribution in [0.4, 0.5) is 10.5 Å². The van der Waals surface area contributed by atoms with Crippen molar-refractivity contribution in [1.82, 2.24) is 0 Å². The maximum absolute atomic E-state index is 11.4. The largest absolute Gasteiger partial charge is 0.513 e. The van der Waals surface area contributed by atoms with E-state index in [4.69, 9.17) is 9.47 Å². The summed E-state index contributed by atoms with van der Waals surface area (Å²) in [5, 5.41) is 10.5. The van der Waals surface area contributed by atoms with E-state index in [0.29, 0.717) is 0 Å². The third-order valence-electron chi connectivity index (χ3n) is 2.91. The summed E-state index contributed by atoms with van der Waals surface area (Å²) in [5.74, 6) is 6.40. The molecule has 0 saturated carbocycles. The molecule has 0 unspecified atom stereocenters. The van der Waals surface area contributed by atoms with Crippen molar-refractivity contribution in [3.63, 3.8) is 0 Å². The minimum absolute atomic E-state index is 0.0623. The van der Waals surface area contributed by atoms with Crippen LogP contribution in [0.2, 0.25) is 0 Å². The molecule has 1 aromatic carbocycles. The molecule has 0 aliphatic rings. The van der Waals surface area contributed by atoms with Gasteiger partial charge in [0, 0.05) is 25.0 Å². The zero-order valence-electron chi connectivity index (χ0n) is 13.2. The highest BCUT2D eigenvalue weighted by molar-refractivity contribution is 5.63. The number of ether oxygens (including phenoxy) is 2. The smallest absolute Gasteiger partial charge is 0.434 e. The maximum atomic E-state index is 11.4. The number of hydrogen-bond donors (Lipinski definition) is 0. The molecule has 0 radical (unpaired) electrons. The van der Waals surface area contributed by atoms with Gasteiger partial charge in [-0.15, -0.1) is 11.8 Å². The van der Waals surface area contributed by atoms with Gasteiger partial charge in [0.05, 0.1) is 11.5 Å². The van der Waals surface area contributed by atoms with Crippen LogP contribution in [0.3, 0.4) is 0 Å². The third kappa shape index (κ3) is 8.47. The summed E-state index contributed by atoms with van der Waals surface area (Å²) < 4.78 is 9.85. The van der Waals surface area contributed by atoms with Crippen LogP contribution in [0.15, 0.2) is 24.3 Å². The second kappa shape index (κ2) is 11.1. The van der Waals surface area contributed by atoms with Crippen LogP contribution in [0, 0.1) is 22.0 Å². The van der Waals surface area contributed by atoms with Crippen LogP contribution in [0.1, 0.15) is 45.4 Å². The summed E-state index contributed by atoms with van der Waals surface area (Å²) >= 11 is 0. The van der Waals surface area contributed by atoms with Gasteiger partial charge in [0.15, 0.2) is 0 Å². The lowest BCUT2D eigenvalue weighted by molar-refractivity contribution is -0.384. The van der Waals surface area contributed by atoms with Gasteiger partial charge in [-0.3, -0.25) is 10.1 Å². The van der Waals surface area contributed by atoms with E-state index in [1.807, 2.05) is 0 Å². The average molecular weight is 319 g/mol. The highest BCUT2D eigenvalue weighted by Crippen LogP contribution is 2.17.